The number of phenolic OH excluding ortho intramolecular Hbond substituents is 1. The highest BCUT2D eigenvalue weighted by Crippen LogP contribution is 2.35. The highest BCUT2D eigenvalue weighted by molar-refractivity contribution is 7.15. The zero-order chi connectivity index (χ0) is 19.8. The number of nitrogens with one attached hydrogen (secondary N) is 2. The van der Waals surface area contributed by atoms with E-state index in [0.29, 0.717) is 24.4 Å². The number of rotatable bonds is 3. The van der Waals surface area contributed by atoms with Gasteiger partial charge in [-0.1, -0.05) is 11.6 Å². The molecule has 0 atom stereocenters. The van der Waals surface area contributed by atoms with Gasteiger partial charge in [0.05, 0.1) is 17.0 Å². The number of aromatic nitrogens is 1. The number of hydrogen-bond acceptors (Lipinski definition) is 5. The van der Waals surface area contributed by atoms with Gasteiger partial charge in [0.25, 0.3) is 5.91 Å². The van der Waals surface area contributed by atoms with Crippen LogP contribution in [0.25, 0.3) is 10.6 Å². The van der Waals surface area contributed by atoms with Gasteiger partial charge < -0.3 is 15.7 Å². The molecule has 0 saturated carbocycles. The first-order valence-electron chi connectivity index (χ1n) is 8.72. The number of halogens is 3. The van der Waals surface area contributed by atoms with Crippen LogP contribution >= 0.6 is 22.9 Å². The first-order chi connectivity index (χ1) is 13.4. The molecule has 0 fully saturated rings. The molecular weight excluding hydrogens is 408 g/mol. The summed E-state index contributed by atoms with van der Waals surface area (Å²) < 4.78 is 28.6. The van der Waals surface area contributed by atoms with Crippen molar-refractivity contribution in [2.45, 2.75) is 25.8 Å². The average molecular weight is 424 g/mol. The van der Waals surface area contributed by atoms with E-state index in [2.05, 4.69) is 15.6 Å². The van der Waals surface area contributed by atoms with Gasteiger partial charge in [-0.3, -0.25) is 4.79 Å². The van der Waals surface area contributed by atoms with Crippen molar-refractivity contribution in [3.8, 4) is 16.3 Å². The quantitative estimate of drug-likeness (QED) is 0.694. The van der Waals surface area contributed by atoms with Crippen LogP contribution < -0.4 is 10.6 Å². The number of carbonyl (C=O) groups is 1. The molecule has 1 aromatic carbocycles. The van der Waals surface area contributed by atoms with Gasteiger partial charge >= 0.3 is 0 Å². The number of benzene rings is 1. The minimum atomic E-state index is -0.843. The highest BCUT2D eigenvalue weighted by Gasteiger charge is 2.23. The maximum absolute atomic E-state index is 14.7. The smallest absolute Gasteiger partial charge is 0.259 e. The van der Waals surface area contributed by atoms with Gasteiger partial charge in [-0.2, -0.15) is 0 Å². The summed E-state index contributed by atoms with van der Waals surface area (Å²) in [6.45, 7) is 1.46. The zero-order valence-corrected chi connectivity index (χ0v) is 16.2. The Bertz CT molecular complexity index is 1010. The van der Waals surface area contributed by atoms with E-state index in [1.54, 1.807) is 0 Å². The third-order valence-corrected chi connectivity index (χ3v) is 6.16. The molecule has 0 radical (unpaired) electrons. The minimum absolute atomic E-state index is 0.120. The Hall–Kier alpha value is -2.29. The van der Waals surface area contributed by atoms with Crippen molar-refractivity contribution in [2.24, 2.45) is 0 Å². The Morgan fingerprint density at radius 3 is 2.89 bits per heavy atom. The number of phenols is 1. The minimum Gasteiger partial charge on any atom is -0.507 e. The molecular formula is C19H16ClF2N3O2S. The topological polar surface area (TPSA) is 74.2 Å². The first-order valence-corrected chi connectivity index (χ1v) is 9.91. The predicted molar refractivity (Wildman–Crippen MR) is 103 cm³/mol. The van der Waals surface area contributed by atoms with E-state index in [9.17, 15) is 18.7 Å². The Morgan fingerprint density at radius 1 is 1.32 bits per heavy atom. The van der Waals surface area contributed by atoms with Crippen LogP contribution in [0, 0.1) is 5.82 Å². The molecule has 0 bridgehead atoms. The second kappa shape index (κ2) is 7.62. The van der Waals surface area contributed by atoms with E-state index in [1.165, 1.54) is 23.5 Å². The molecule has 1 aromatic heterocycles. The van der Waals surface area contributed by atoms with Crippen molar-refractivity contribution in [3.63, 3.8) is 0 Å². The maximum Gasteiger partial charge on any atom is 0.259 e. The molecule has 5 nitrogen and oxygen atoms in total. The number of aromatic hydroxyl groups is 1. The lowest BCUT2D eigenvalue weighted by molar-refractivity contribution is 0.0962. The number of carbonyl (C=O) groups excluding carboxylic acids is 1. The molecule has 1 aliphatic carbocycles. The highest BCUT2D eigenvalue weighted by atomic mass is 35.5. The van der Waals surface area contributed by atoms with Crippen molar-refractivity contribution in [3.05, 3.63) is 56.7 Å². The Morgan fingerprint density at radius 2 is 2.14 bits per heavy atom. The zero-order valence-electron chi connectivity index (χ0n) is 14.6. The van der Waals surface area contributed by atoms with Crippen molar-refractivity contribution in [1.82, 2.24) is 15.6 Å². The van der Waals surface area contributed by atoms with Gasteiger partial charge in [-0.15, -0.1) is 11.3 Å². The summed E-state index contributed by atoms with van der Waals surface area (Å²) in [5, 5.41) is 16.4. The average Bonchev–Trinajstić information content (AvgIpc) is 3.10. The molecule has 1 aliphatic heterocycles. The molecule has 1 amide bonds. The third kappa shape index (κ3) is 3.55. The summed E-state index contributed by atoms with van der Waals surface area (Å²) in [5.74, 6) is -2.61. The van der Waals surface area contributed by atoms with Crippen molar-refractivity contribution < 1.29 is 18.7 Å². The summed E-state index contributed by atoms with van der Waals surface area (Å²) in [4.78, 5) is 18.0. The standard InChI is InChI=1S/C19H16ClF2N3O2S/c20-11-2-1-3-12(21)17(11)25-18(27)10-6-13(22)9(7-15(10)26)19-24-14-8-23-5-4-16(14)28-19/h3,6-7,23,26H,1-2,4-5,8H2,(H,25,27). The van der Waals surface area contributed by atoms with Crippen LogP contribution in [-0.2, 0) is 13.0 Å². The Balaban J connectivity index is 1.63. The molecule has 28 heavy (non-hydrogen) atoms. The summed E-state index contributed by atoms with van der Waals surface area (Å²) in [6.07, 6.45) is 2.96. The Labute approximate surface area is 168 Å². The van der Waals surface area contributed by atoms with Crippen LogP contribution in [0.1, 0.15) is 33.8 Å². The lowest BCUT2D eigenvalue weighted by Crippen LogP contribution is -2.25. The van der Waals surface area contributed by atoms with Crippen LogP contribution in [0.4, 0.5) is 8.78 Å². The van der Waals surface area contributed by atoms with Gasteiger partial charge in [0.1, 0.15) is 22.4 Å². The number of nitrogens with zero attached hydrogens (tertiary/aromatic N) is 1. The lowest BCUT2D eigenvalue weighted by atomic mass is 10.1. The van der Waals surface area contributed by atoms with E-state index < -0.39 is 23.3 Å². The molecule has 0 saturated heterocycles. The summed E-state index contributed by atoms with van der Waals surface area (Å²) in [6, 6.07) is 2.10. The molecule has 146 valence electrons. The van der Waals surface area contributed by atoms with Crippen LogP contribution in [0.15, 0.2) is 34.8 Å². The summed E-state index contributed by atoms with van der Waals surface area (Å²) in [5.41, 5.74) is 0.531. The van der Waals surface area contributed by atoms with Gasteiger partial charge in [0.15, 0.2) is 0 Å². The molecule has 3 N–H and O–H groups in total. The van der Waals surface area contributed by atoms with E-state index >= 15 is 0 Å². The third-order valence-electron chi connectivity index (χ3n) is 4.60. The van der Waals surface area contributed by atoms with Crippen molar-refractivity contribution in [2.75, 3.05) is 6.54 Å². The van der Waals surface area contributed by atoms with Crippen LogP contribution in [0.3, 0.4) is 0 Å². The number of allylic oxidation sites excluding steroid dienone is 3. The van der Waals surface area contributed by atoms with Crippen molar-refractivity contribution in [1.29, 1.82) is 0 Å². The molecule has 9 heteroatoms. The molecule has 2 aliphatic rings. The van der Waals surface area contributed by atoms with E-state index in [1.807, 2.05) is 0 Å². The fraction of sp³-hybridized carbons (Fsp3) is 0.263. The number of amides is 1. The second-order valence-corrected chi connectivity index (χ2v) is 8.03. The monoisotopic (exact) mass is 423 g/mol. The maximum atomic E-state index is 14.7. The van der Waals surface area contributed by atoms with Crippen molar-refractivity contribution >= 4 is 28.8 Å². The molecule has 2 heterocycles. The van der Waals surface area contributed by atoms with Gasteiger partial charge in [-0.05, 0) is 37.5 Å². The fourth-order valence-electron chi connectivity index (χ4n) is 3.14. The molecule has 4 rings (SSSR count). The van der Waals surface area contributed by atoms with Crippen LogP contribution in [-0.4, -0.2) is 22.5 Å². The Kier molecular flexibility index (Phi) is 5.18. The second-order valence-electron chi connectivity index (χ2n) is 6.49. The lowest BCUT2D eigenvalue weighted by Gasteiger charge is -2.15. The van der Waals surface area contributed by atoms with Crippen LogP contribution in [0.5, 0.6) is 5.75 Å². The van der Waals surface area contributed by atoms with Gasteiger partial charge in [0, 0.05) is 28.6 Å². The van der Waals surface area contributed by atoms with Gasteiger partial charge in [0.2, 0.25) is 0 Å². The SMILES string of the molecule is O=C(NC1=C(Cl)CCC=C1F)c1cc(F)c(-c2nc3c(s2)CCNC3)cc1O. The molecule has 2 aromatic rings. The van der Waals surface area contributed by atoms with Crippen LogP contribution in [0.2, 0.25) is 0 Å². The first kappa shape index (κ1) is 19.0. The largest absolute Gasteiger partial charge is 0.507 e. The van der Waals surface area contributed by atoms with E-state index in [-0.39, 0.29) is 21.9 Å². The van der Waals surface area contributed by atoms with E-state index in [0.717, 1.165) is 29.6 Å². The van der Waals surface area contributed by atoms with Gasteiger partial charge in [-0.25, -0.2) is 13.8 Å². The number of thiazole rings is 1. The number of fused-ring (bicyclic) bond motifs is 1. The predicted octanol–water partition coefficient (Wildman–Crippen LogP) is 4.13. The summed E-state index contributed by atoms with van der Waals surface area (Å²) >= 11 is 7.34. The van der Waals surface area contributed by atoms with E-state index in [4.69, 9.17) is 11.6 Å². The molecule has 0 spiro atoms. The normalized spacial score (nSPS) is 16.6. The number of hydrogen-bond donors (Lipinski definition) is 3. The molecule has 0 unspecified atom stereocenters. The summed E-state index contributed by atoms with van der Waals surface area (Å²) in [7, 11) is 0. The fourth-order valence-corrected chi connectivity index (χ4v) is 4.48.